The van der Waals surface area contributed by atoms with Crippen molar-refractivity contribution in [1.82, 2.24) is 19.9 Å². The molecule has 0 N–H and O–H groups in total. The van der Waals surface area contributed by atoms with Gasteiger partial charge in [0.2, 0.25) is 5.82 Å². The molecule has 0 fully saturated rings. The maximum absolute atomic E-state index is 6.03. The smallest absolute Gasteiger partial charge is 0.258 e. The summed E-state index contributed by atoms with van der Waals surface area (Å²) in [5, 5.41) is 9.06. The Hall–Kier alpha value is -2.92. The molecule has 25 heavy (non-hydrogen) atoms. The first kappa shape index (κ1) is 15.6. The van der Waals surface area contributed by atoms with E-state index in [0.717, 1.165) is 28.9 Å². The minimum absolute atomic E-state index is 0.446. The van der Waals surface area contributed by atoms with Gasteiger partial charge in [0.25, 0.3) is 5.89 Å². The van der Waals surface area contributed by atoms with E-state index >= 15 is 0 Å². The first-order chi connectivity index (χ1) is 12.2. The van der Waals surface area contributed by atoms with Crippen LogP contribution < -0.4 is 0 Å². The number of hydrogen-bond donors (Lipinski definition) is 0. The Labute approximate surface area is 149 Å². The van der Waals surface area contributed by atoms with Crippen molar-refractivity contribution in [1.29, 1.82) is 0 Å². The largest absolute Gasteiger partial charge is 0.334 e. The first-order valence-electron chi connectivity index (χ1n) is 7.97. The number of benzene rings is 2. The maximum atomic E-state index is 6.03. The molecule has 4 aromatic rings. The highest BCUT2D eigenvalue weighted by atomic mass is 35.5. The average Bonchev–Trinajstić information content (AvgIpc) is 3.31. The van der Waals surface area contributed by atoms with Crippen molar-refractivity contribution in [2.24, 2.45) is 0 Å². The van der Waals surface area contributed by atoms with Crippen LogP contribution in [0.15, 0.2) is 65.3 Å². The summed E-state index contributed by atoms with van der Waals surface area (Å²) < 4.78 is 7.35. The zero-order valence-corrected chi connectivity index (χ0v) is 14.3. The van der Waals surface area contributed by atoms with Crippen LogP contribution in [0, 0.1) is 0 Å². The second-order valence-corrected chi connectivity index (χ2v) is 5.98. The van der Waals surface area contributed by atoms with Crippen molar-refractivity contribution >= 4 is 11.6 Å². The van der Waals surface area contributed by atoms with Gasteiger partial charge in [-0.25, -0.2) is 0 Å². The quantitative estimate of drug-likeness (QED) is 0.523. The van der Waals surface area contributed by atoms with Gasteiger partial charge in [-0.3, -0.25) is 4.68 Å². The third-order valence-corrected chi connectivity index (χ3v) is 4.17. The van der Waals surface area contributed by atoms with E-state index in [-0.39, 0.29) is 0 Å². The van der Waals surface area contributed by atoms with Crippen LogP contribution in [0.5, 0.6) is 0 Å². The SMILES string of the molecule is CCn1nccc1-c1cccc(-c2noc(-c3cccc(Cl)c3)n2)c1. The molecule has 2 aromatic heterocycles. The standard InChI is InChI=1S/C19H15ClN4O/c1-2-24-17(9-10-21-24)13-5-3-6-14(11-13)18-22-19(25-23-18)15-7-4-8-16(20)12-15/h3-12H,2H2,1H3. The molecule has 0 atom stereocenters. The van der Waals surface area contributed by atoms with Gasteiger partial charge in [0, 0.05) is 34.5 Å². The zero-order chi connectivity index (χ0) is 17.2. The lowest BCUT2D eigenvalue weighted by Gasteiger charge is -2.05. The highest BCUT2D eigenvalue weighted by Gasteiger charge is 2.12. The van der Waals surface area contributed by atoms with Gasteiger partial charge in [0.05, 0.1) is 5.69 Å². The molecule has 4 rings (SSSR count). The summed E-state index contributed by atoms with van der Waals surface area (Å²) in [5.41, 5.74) is 3.80. The monoisotopic (exact) mass is 350 g/mol. The number of halogens is 1. The summed E-state index contributed by atoms with van der Waals surface area (Å²) in [6.07, 6.45) is 1.80. The van der Waals surface area contributed by atoms with Crippen molar-refractivity contribution in [2.75, 3.05) is 0 Å². The lowest BCUT2D eigenvalue weighted by atomic mass is 10.1. The molecule has 6 heteroatoms. The summed E-state index contributed by atoms with van der Waals surface area (Å²) in [4.78, 5) is 4.50. The molecule has 0 unspecified atom stereocenters. The minimum Gasteiger partial charge on any atom is -0.334 e. The number of aromatic nitrogens is 4. The molecule has 2 aromatic carbocycles. The van der Waals surface area contributed by atoms with Gasteiger partial charge in [0.1, 0.15) is 0 Å². The molecule has 0 bridgehead atoms. The van der Waals surface area contributed by atoms with Crippen LogP contribution in [-0.2, 0) is 6.54 Å². The predicted molar refractivity (Wildman–Crippen MR) is 97.1 cm³/mol. The van der Waals surface area contributed by atoms with Gasteiger partial charge in [-0.15, -0.1) is 0 Å². The fourth-order valence-corrected chi connectivity index (χ4v) is 2.92. The van der Waals surface area contributed by atoms with Crippen LogP contribution in [0.1, 0.15) is 6.92 Å². The molecule has 0 spiro atoms. The third-order valence-electron chi connectivity index (χ3n) is 3.93. The molecular formula is C19H15ClN4O. The van der Waals surface area contributed by atoms with E-state index in [2.05, 4.69) is 22.2 Å². The van der Waals surface area contributed by atoms with Crippen LogP contribution in [0.3, 0.4) is 0 Å². The molecule has 0 aliphatic heterocycles. The second kappa shape index (κ2) is 6.53. The molecular weight excluding hydrogens is 336 g/mol. The fourth-order valence-electron chi connectivity index (χ4n) is 2.73. The number of nitrogens with zero attached hydrogens (tertiary/aromatic N) is 4. The topological polar surface area (TPSA) is 56.7 Å². The lowest BCUT2D eigenvalue weighted by molar-refractivity contribution is 0.432. The Morgan fingerprint density at radius 3 is 2.64 bits per heavy atom. The molecule has 5 nitrogen and oxygen atoms in total. The second-order valence-electron chi connectivity index (χ2n) is 5.55. The third kappa shape index (κ3) is 3.06. The van der Waals surface area contributed by atoms with Crippen molar-refractivity contribution < 1.29 is 4.52 Å². The molecule has 0 amide bonds. The Balaban J connectivity index is 1.70. The molecule has 0 saturated carbocycles. The number of rotatable bonds is 4. The summed E-state index contributed by atoms with van der Waals surface area (Å²) in [6.45, 7) is 2.88. The number of hydrogen-bond acceptors (Lipinski definition) is 4. The normalized spacial score (nSPS) is 11.0. The van der Waals surface area contributed by atoms with E-state index < -0.39 is 0 Å². The Morgan fingerprint density at radius 1 is 1.00 bits per heavy atom. The number of aryl methyl sites for hydroxylation is 1. The maximum Gasteiger partial charge on any atom is 0.258 e. The van der Waals surface area contributed by atoms with E-state index in [1.807, 2.05) is 53.2 Å². The van der Waals surface area contributed by atoms with E-state index in [9.17, 15) is 0 Å². The van der Waals surface area contributed by atoms with Gasteiger partial charge in [-0.05, 0) is 37.3 Å². The van der Waals surface area contributed by atoms with Gasteiger partial charge >= 0.3 is 0 Å². The Morgan fingerprint density at radius 2 is 1.80 bits per heavy atom. The van der Waals surface area contributed by atoms with Crippen molar-refractivity contribution in [3.63, 3.8) is 0 Å². The minimum atomic E-state index is 0.446. The Kier molecular flexibility index (Phi) is 4.07. The Bertz CT molecular complexity index is 1020. The molecule has 0 saturated heterocycles. The zero-order valence-electron chi connectivity index (χ0n) is 13.6. The molecule has 124 valence electrons. The van der Waals surface area contributed by atoms with Crippen molar-refractivity contribution in [2.45, 2.75) is 13.5 Å². The van der Waals surface area contributed by atoms with Gasteiger partial charge in [0.15, 0.2) is 0 Å². The summed E-state index contributed by atoms with van der Waals surface area (Å²) in [5.74, 6) is 0.987. The molecule has 2 heterocycles. The van der Waals surface area contributed by atoms with Crippen molar-refractivity contribution in [3.8, 4) is 34.1 Å². The summed E-state index contributed by atoms with van der Waals surface area (Å²) >= 11 is 6.03. The van der Waals surface area contributed by atoms with Gasteiger partial charge in [-0.2, -0.15) is 10.1 Å². The van der Waals surface area contributed by atoms with E-state index in [1.165, 1.54) is 0 Å². The van der Waals surface area contributed by atoms with E-state index in [0.29, 0.717) is 16.7 Å². The molecule has 0 radical (unpaired) electrons. The van der Waals surface area contributed by atoms with Gasteiger partial charge in [-0.1, -0.05) is 41.0 Å². The lowest BCUT2D eigenvalue weighted by Crippen LogP contribution is -1.98. The van der Waals surface area contributed by atoms with Crippen molar-refractivity contribution in [3.05, 3.63) is 65.8 Å². The molecule has 0 aliphatic carbocycles. The van der Waals surface area contributed by atoms with E-state index in [1.54, 1.807) is 12.3 Å². The average molecular weight is 351 g/mol. The summed E-state index contributed by atoms with van der Waals surface area (Å²) in [6, 6.07) is 17.4. The highest BCUT2D eigenvalue weighted by molar-refractivity contribution is 6.30. The van der Waals surface area contributed by atoms with Crippen LogP contribution in [0.4, 0.5) is 0 Å². The van der Waals surface area contributed by atoms with E-state index in [4.69, 9.17) is 16.1 Å². The predicted octanol–water partition coefficient (Wildman–Crippen LogP) is 4.94. The summed E-state index contributed by atoms with van der Waals surface area (Å²) in [7, 11) is 0. The highest BCUT2D eigenvalue weighted by Crippen LogP contribution is 2.27. The van der Waals surface area contributed by atoms with Gasteiger partial charge < -0.3 is 4.52 Å². The van der Waals surface area contributed by atoms with Crippen LogP contribution in [0.25, 0.3) is 34.1 Å². The fraction of sp³-hybridized carbons (Fsp3) is 0.105. The molecule has 0 aliphatic rings. The van der Waals surface area contributed by atoms with Crippen LogP contribution >= 0.6 is 11.6 Å². The van der Waals surface area contributed by atoms with Crippen LogP contribution in [0.2, 0.25) is 5.02 Å². The first-order valence-corrected chi connectivity index (χ1v) is 8.34. The van der Waals surface area contributed by atoms with Crippen LogP contribution in [-0.4, -0.2) is 19.9 Å².